The van der Waals surface area contributed by atoms with E-state index in [0.29, 0.717) is 6.61 Å². The maximum atomic E-state index is 14.0. The Balaban J connectivity index is 2.00. The highest BCUT2D eigenvalue weighted by atomic mass is 19.2. The van der Waals surface area contributed by atoms with E-state index >= 15 is 0 Å². The zero-order valence-corrected chi connectivity index (χ0v) is 11.1. The smallest absolute Gasteiger partial charge is 0.164 e. The van der Waals surface area contributed by atoms with E-state index in [1.807, 2.05) is 12.1 Å². The van der Waals surface area contributed by atoms with Crippen LogP contribution in [-0.2, 0) is 6.42 Å². The molecule has 1 atom stereocenters. The van der Waals surface area contributed by atoms with Gasteiger partial charge in [0.15, 0.2) is 11.6 Å². The number of fused-ring (bicyclic) bond motifs is 1. The Kier molecular flexibility index (Phi) is 3.18. The summed E-state index contributed by atoms with van der Waals surface area (Å²) in [6.07, 6.45) is 0.820. The molecule has 1 heterocycles. The molecule has 0 aliphatic carbocycles. The molecular formula is C16H15F2NO. The monoisotopic (exact) mass is 275 g/mol. The van der Waals surface area contributed by atoms with Gasteiger partial charge in [-0.2, -0.15) is 0 Å². The van der Waals surface area contributed by atoms with E-state index < -0.39 is 17.7 Å². The SMILES string of the molecule is Cc1ccc(C(N)c2ccc3c(c2)CCO3)c(F)c1F. The fourth-order valence-corrected chi connectivity index (χ4v) is 2.48. The highest BCUT2D eigenvalue weighted by Crippen LogP contribution is 2.31. The number of aryl methyl sites for hydroxylation is 1. The predicted octanol–water partition coefficient (Wildman–Crippen LogP) is 3.26. The quantitative estimate of drug-likeness (QED) is 0.913. The van der Waals surface area contributed by atoms with Gasteiger partial charge in [0.2, 0.25) is 0 Å². The van der Waals surface area contributed by atoms with Crippen molar-refractivity contribution in [2.45, 2.75) is 19.4 Å². The normalized spacial score (nSPS) is 14.8. The van der Waals surface area contributed by atoms with Crippen molar-refractivity contribution in [2.24, 2.45) is 5.73 Å². The van der Waals surface area contributed by atoms with E-state index in [1.165, 1.54) is 6.92 Å². The fraction of sp³-hybridized carbons (Fsp3) is 0.250. The average molecular weight is 275 g/mol. The lowest BCUT2D eigenvalue weighted by atomic mass is 9.96. The largest absolute Gasteiger partial charge is 0.493 e. The van der Waals surface area contributed by atoms with Gasteiger partial charge in [-0.1, -0.05) is 24.3 Å². The third-order valence-corrected chi connectivity index (χ3v) is 3.71. The van der Waals surface area contributed by atoms with Crippen LogP contribution in [0.3, 0.4) is 0 Å². The number of rotatable bonds is 2. The molecule has 0 saturated heterocycles. The second kappa shape index (κ2) is 4.87. The summed E-state index contributed by atoms with van der Waals surface area (Å²) in [5, 5.41) is 0. The fourth-order valence-electron chi connectivity index (χ4n) is 2.48. The van der Waals surface area contributed by atoms with Gasteiger partial charge >= 0.3 is 0 Å². The van der Waals surface area contributed by atoms with Crippen molar-refractivity contribution in [1.29, 1.82) is 0 Å². The lowest BCUT2D eigenvalue weighted by Crippen LogP contribution is -2.15. The summed E-state index contributed by atoms with van der Waals surface area (Å²) in [6, 6.07) is 7.94. The number of hydrogen-bond donors (Lipinski definition) is 1. The van der Waals surface area contributed by atoms with Gasteiger partial charge in [-0.15, -0.1) is 0 Å². The maximum Gasteiger partial charge on any atom is 0.164 e. The van der Waals surface area contributed by atoms with Crippen LogP contribution in [0.1, 0.15) is 28.3 Å². The molecule has 0 amide bonds. The van der Waals surface area contributed by atoms with Crippen molar-refractivity contribution >= 4 is 0 Å². The van der Waals surface area contributed by atoms with E-state index in [9.17, 15) is 8.78 Å². The van der Waals surface area contributed by atoms with Crippen molar-refractivity contribution < 1.29 is 13.5 Å². The molecule has 3 rings (SSSR count). The molecule has 2 nitrogen and oxygen atoms in total. The van der Waals surface area contributed by atoms with E-state index in [0.717, 1.165) is 23.3 Å². The molecule has 104 valence electrons. The van der Waals surface area contributed by atoms with Gasteiger partial charge in [-0.25, -0.2) is 8.78 Å². The first-order chi connectivity index (χ1) is 9.58. The molecule has 2 aromatic rings. The van der Waals surface area contributed by atoms with Crippen LogP contribution in [0, 0.1) is 18.6 Å². The minimum atomic E-state index is -0.866. The Labute approximate surface area is 116 Å². The van der Waals surface area contributed by atoms with Gasteiger partial charge in [0.25, 0.3) is 0 Å². The van der Waals surface area contributed by atoms with Crippen molar-refractivity contribution in [2.75, 3.05) is 6.61 Å². The number of nitrogens with two attached hydrogens (primary N) is 1. The first-order valence-corrected chi connectivity index (χ1v) is 6.53. The molecule has 20 heavy (non-hydrogen) atoms. The minimum Gasteiger partial charge on any atom is -0.493 e. The summed E-state index contributed by atoms with van der Waals surface area (Å²) in [4.78, 5) is 0. The van der Waals surface area contributed by atoms with Gasteiger partial charge in [0, 0.05) is 12.0 Å². The number of ether oxygens (including phenoxy) is 1. The molecule has 0 radical (unpaired) electrons. The first-order valence-electron chi connectivity index (χ1n) is 6.53. The predicted molar refractivity (Wildman–Crippen MR) is 72.8 cm³/mol. The van der Waals surface area contributed by atoms with E-state index in [4.69, 9.17) is 10.5 Å². The summed E-state index contributed by atoms with van der Waals surface area (Å²) in [5.41, 5.74) is 8.36. The van der Waals surface area contributed by atoms with Crippen molar-refractivity contribution in [3.05, 3.63) is 64.2 Å². The number of halogens is 2. The standard InChI is InChI=1S/C16H15F2NO/c1-9-2-4-12(15(18)14(9)17)16(19)11-3-5-13-10(8-11)6-7-20-13/h2-5,8,16H,6-7,19H2,1H3. The minimum absolute atomic E-state index is 0.173. The second-order valence-corrected chi connectivity index (χ2v) is 5.04. The van der Waals surface area contributed by atoms with Gasteiger partial charge in [0.1, 0.15) is 5.75 Å². The summed E-state index contributed by atoms with van der Waals surface area (Å²) in [7, 11) is 0. The molecule has 2 aromatic carbocycles. The van der Waals surface area contributed by atoms with Crippen LogP contribution in [0.15, 0.2) is 30.3 Å². The Morgan fingerprint density at radius 1 is 1.15 bits per heavy atom. The highest BCUT2D eigenvalue weighted by molar-refractivity contribution is 5.43. The van der Waals surface area contributed by atoms with E-state index in [-0.39, 0.29) is 11.1 Å². The molecule has 0 spiro atoms. The Morgan fingerprint density at radius 2 is 1.95 bits per heavy atom. The van der Waals surface area contributed by atoms with Crippen molar-refractivity contribution in [1.82, 2.24) is 0 Å². The van der Waals surface area contributed by atoms with Crippen molar-refractivity contribution in [3.8, 4) is 5.75 Å². The summed E-state index contributed by atoms with van der Waals surface area (Å²) < 4.78 is 33.1. The maximum absolute atomic E-state index is 14.0. The van der Waals surface area contributed by atoms with Gasteiger partial charge < -0.3 is 10.5 Å². The van der Waals surface area contributed by atoms with Crippen molar-refractivity contribution in [3.63, 3.8) is 0 Å². The Hall–Kier alpha value is -1.94. The second-order valence-electron chi connectivity index (χ2n) is 5.04. The zero-order valence-electron chi connectivity index (χ0n) is 11.1. The summed E-state index contributed by atoms with van der Waals surface area (Å²) in [5.74, 6) is -0.854. The van der Waals surface area contributed by atoms with Crippen LogP contribution in [0.25, 0.3) is 0 Å². The lowest BCUT2D eigenvalue weighted by Gasteiger charge is -2.15. The number of benzene rings is 2. The zero-order chi connectivity index (χ0) is 14.3. The van der Waals surface area contributed by atoms with Crippen LogP contribution in [0.4, 0.5) is 8.78 Å². The lowest BCUT2D eigenvalue weighted by molar-refractivity contribution is 0.357. The van der Waals surface area contributed by atoms with Gasteiger partial charge in [0.05, 0.1) is 12.6 Å². The molecule has 1 aliphatic heterocycles. The average Bonchev–Trinajstić information content (AvgIpc) is 2.91. The molecule has 0 fully saturated rings. The van der Waals surface area contributed by atoms with E-state index in [2.05, 4.69) is 0 Å². The first kappa shape index (κ1) is 13.1. The molecule has 1 unspecified atom stereocenters. The molecule has 4 heteroatoms. The van der Waals surface area contributed by atoms with Gasteiger partial charge in [-0.3, -0.25) is 0 Å². The van der Waals surface area contributed by atoms with Crippen LogP contribution < -0.4 is 10.5 Å². The summed E-state index contributed by atoms with van der Waals surface area (Å²) >= 11 is 0. The van der Waals surface area contributed by atoms with E-state index in [1.54, 1.807) is 18.2 Å². The molecule has 2 N–H and O–H groups in total. The Bertz CT molecular complexity index is 670. The third kappa shape index (κ3) is 2.06. The van der Waals surface area contributed by atoms with Crippen LogP contribution >= 0.6 is 0 Å². The highest BCUT2D eigenvalue weighted by Gasteiger charge is 2.20. The van der Waals surface area contributed by atoms with Crippen LogP contribution in [0.5, 0.6) is 5.75 Å². The molecule has 0 aromatic heterocycles. The van der Waals surface area contributed by atoms with Crippen LogP contribution in [0.2, 0.25) is 0 Å². The third-order valence-electron chi connectivity index (χ3n) is 3.71. The molecule has 0 bridgehead atoms. The van der Waals surface area contributed by atoms with Crippen LogP contribution in [-0.4, -0.2) is 6.61 Å². The molecule has 1 aliphatic rings. The molecular weight excluding hydrogens is 260 g/mol. The van der Waals surface area contributed by atoms with Gasteiger partial charge in [-0.05, 0) is 29.7 Å². The molecule has 0 saturated carbocycles. The topological polar surface area (TPSA) is 35.2 Å². The summed E-state index contributed by atoms with van der Waals surface area (Å²) in [6.45, 7) is 2.18. The number of hydrogen-bond acceptors (Lipinski definition) is 2. The Morgan fingerprint density at radius 3 is 2.75 bits per heavy atom.